The van der Waals surface area contributed by atoms with Gasteiger partial charge in [-0.3, -0.25) is 5.10 Å². The van der Waals surface area contributed by atoms with Gasteiger partial charge in [-0.25, -0.2) is 0 Å². The van der Waals surface area contributed by atoms with Crippen LogP contribution < -0.4 is 0 Å². The molecule has 2 nitrogen and oxygen atoms in total. The van der Waals surface area contributed by atoms with Gasteiger partial charge in [0.1, 0.15) is 5.69 Å². The Balaban J connectivity index is 2.39. The summed E-state index contributed by atoms with van der Waals surface area (Å²) < 4.78 is 0. The highest BCUT2D eigenvalue weighted by molar-refractivity contribution is 5.94. The van der Waals surface area contributed by atoms with Gasteiger partial charge in [0.05, 0.1) is 5.52 Å². The average Bonchev–Trinajstić information content (AvgIpc) is 2.81. The molecular formula is C17H18N2. The van der Waals surface area contributed by atoms with Gasteiger partial charge in [0, 0.05) is 10.9 Å². The van der Waals surface area contributed by atoms with Crippen molar-refractivity contribution in [1.29, 1.82) is 0 Å². The molecule has 0 radical (unpaired) electrons. The van der Waals surface area contributed by atoms with Crippen molar-refractivity contribution in [2.24, 2.45) is 0 Å². The Hall–Kier alpha value is -2.09. The smallest absolute Gasteiger partial charge is 0.100 e. The van der Waals surface area contributed by atoms with Crippen molar-refractivity contribution in [3.63, 3.8) is 0 Å². The van der Waals surface area contributed by atoms with E-state index in [-0.39, 0.29) is 0 Å². The summed E-state index contributed by atoms with van der Waals surface area (Å²) in [6, 6.07) is 10.5. The van der Waals surface area contributed by atoms with Crippen molar-refractivity contribution < 1.29 is 0 Å². The maximum atomic E-state index is 4.54. The molecule has 0 bridgehead atoms. The molecule has 0 saturated carbocycles. The van der Waals surface area contributed by atoms with Crippen molar-refractivity contribution in [2.75, 3.05) is 0 Å². The van der Waals surface area contributed by atoms with Crippen molar-refractivity contribution in [2.45, 2.75) is 27.7 Å². The highest BCUT2D eigenvalue weighted by Crippen LogP contribution is 2.34. The molecule has 1 heterocycles. The lowest BCUT2D eigenvalue weighted by Crippen LogP contribution is -1.95. The number of aromatic amines is 1. The highest BCUT2D eigenvalue weighted by Gasteiger charge is 2.15. The summed E-state index contributed by atoms with van der Waals surface area (Å²) >= 11 is 0. The van der Waals surface area contributed by atoms with Gasteiger partial charge in [-0.05, 0) is 56.0 Å². The molecule has 3 aromatic rings. The van der Waals surface area contributed by atoms with E-state index in [0.29, 0.717) is 0 Å². The van der Waals surface area contributed by atoms with Crippen molar-refractivity contribution in [3.05, 3.63) is 52.6 Å². The van der Waals surface area contributed by atoms with Crippen LogP contribution in [0.2, 0.25) is 0 Å². The normalized spacial score (nSPS) is 11.2. The van der Waals surface area contributed by atoms with Gasteiger partial charge in [0.2, 0.25) is 0 Å². The molecule has 0 aliphatic heterocycles. The topological polar surface area (TPSA) is 28.7 Å². The zero-order chi connectivity index (χ0) is 13.6. The zero-order valence-corrected chi connectivity index (χ0v) is 11.8. The Morgan fingerprint density at radius 2 is 1.53 bits per heavy atom. The molecule has 0 saturated heterocycles. The fourth-order valence-corrected chi connectivity index (χ4v) is 2.73. The maximum absolute atomic E-state index is 4.54. The highest BCUT2D eigenvalue weighted by atomic mass is 15.1. The quantitative estimate of drug-likeness (QED) is 0.678. The maximum Gasteiger partial charge on any atom is 0.100 e. The first-order valence-electron chi connectivity index (χ1n) is 6.60. The van der Waals surface area contributed by atoms with Crippen LogP contribution in [-0.4, -0.2) is 10.2 Å². The van der Waals surface area contributed by atoms with E-state index in [0.717, 1.165) is 11.2 Å². The lowest BCUT2D eigenvalue weighted by molar-refractivity contribution is 1.11. The Labute approximate surface area is 113 Å². The number of aromatic nitrogens is 2. The summed E-state index contributed by atoms with van der Waals surface area (Å²) in [5, 5.41) is 8.87. The van der Waals surface area contributed by atoms with Crippen LogP contribution in [0.3, 0.4) is 0 Å². The van der Waals surface area contributed by atoms with Gasteiger partial charge in [-0.1, -0.05) is 24.3 Å². The Kier molecular flexibility index (Phi) is 2.67. The van der Waals surface area contributed by atoms with Crippen LogP contribution in [0.1, 0.15) is 22.3 Å². The first-order valence-corrected chi connectivity index (χ1v) is 6.60. The van der Waals surface area contributed by atoms with Gasteiger partial charge in [0.15, 0.2) is 0 Å². The zero-order valence-electron chi connectivity index (χ0n) is 11.8. The standard InChI is InChI=1S/C17H18N2/c1-10-9-11(2)13(4)16(12(10)3)17-14-7-5-6-8-15(14)18-19-17/h5-9H,1-4H3,(H,18,19). The minimum absolute atomic E-state index is 1.07. The molecule has 0 fully saturated rings. The summed E-state index contributed by atoms with van der Waals surface area (Å²) in [6.07, 6.45) is 0. The van der Waals surface area contributed by atoms with Gasteiger partial charge in [-0.15, -0.1) is 0 Å². The van der Waals surface area contributed by atoms with E-state index in [1.165, 1.54) is 33.2 Å². The Morgan fingerprint density at radius 1 is 0.895 bits per heavy atom. The second-order valence-corrected chi connectivity index (χ2v) is 5.25. The van der Waals surface area contributed by atoms with E-state index in [2.05, 4.69) is 62.2 Å². The molecule has 0 unspecified atom stereocenters. The number of H-pyrrole nitrogens is 1. The number of nitrogens with one attached hydrogen (secondary N) is 1. The van der Waals surface area contributed by atoms with E-state index in [9.17, 15) is 0 Å². The molecule has 1 aromatic heterocycles. The lowest BCUT2D eigenvalue weighted by atomic mass is 9.91. The van der Waals surface area contributed by atoms with Gasteiger partial charge < -0.3 is 0 Å². The van der Waals surface area contributed by atoms with Crippen LogP contribution in [0.4, 0.5) is 0 Å². The van der Waals surface area contributed by atoms with E-state index >= 15 is 0 Å². The van der Waals surface area contributed by atoms with E-state index < -0.39 is 0 Å². The van der Waals surface area contributed by atoms with Crippen LogP contribution in [0, 0.1) is 27.7 Å². The van der Waals surface area contributed by atoms with E-state index in [4.69, 9.17) is 0 Å². The fourth-order valence-electron chi connectivity index (χ4n) is 2.73. The van der Waals surface area contributed by atoms with E-state index in [1.807, 2.05) is 6.07 Å². The number of nitrogens with zero attached hydrogens (tertiary/aromatic N) is 1. The molecule has 0 amide bonds. The van der Waals surface area contributed by atoms with Crippen LogP contribution >= 0.6 is 0 Å². The molecule has 2 heteroatoms. The largest absolute Gasteiger partial charge is 0.277 e. The molecular weight excluding hydrogens is 232 g/mol. The number of fused-ring (bicyclic) bond motifs is 1. The van der Waals surface area contributed by atoms with Crippen LogP contribution in [-0.2, 0) is 0 Å². The number of benzene rings is 2. The number of aryl methyl sites for hydroxylation is 2. The third-order valence-corrected chi connectivity index (χ3v) is 4.07. The van der Waals surface area contributed by atoms with Crippen molar-refractivity contribution in [1.82, 2.24) is 10.2 Å². The van der Waals surface area contributed by atoms with E-state index in [1.54, 1.807) is 0 Å². The summed E-state index contributed by atoms with van der Waals surface area (Å²) in [7, 11) is 0. The fraction of sp³-hybridized carbons (Fsp3) is 0.235. The molecule has 2 aromatic carbocycles. The lowest BCUT2D eigenvalue weighted by Gasteiger charge is -2.13. The minimum Gasteiger partial charge on any atom is -0.277 e. The second kappa shape index (κ2) is 4.23. The van der Waals surface area contributed by atoms with Crippen molar-refractivity contribution in [3.8, 4) is 11.3 Å². The molecule has 0 spiro atoms. The third kappa shape index (κ3) is 1.75. The number of hydrogen-bond donors (Lipinski definition) is 1. The van der Waals surface area contributed by atoms with Gasteiger partial charge >= 0.3 is 0 Å². The average molecular weight is 250 g/mol. The van der Waals surface area contributed by atoms with Crippen LogP contribution in [0.15, 0.2) is 30.3 Å². The molecule has 19 heavy (non-hydrogen) atoms. The van der Waals surface area contributed by atoms with Crippen molar-refractivity contribution >= 4 is 10.9 Å². The number of rotatable bonds is 1. The Bertz CT molecular complexity index is 740. The molecule has 0 atom stereocenters. The minimum atomic E-state index is 1.07. The molecule has 0 aliphatic rings. The van der Waals surface area contributed by atoms with Crippen LogP contribution in [0.25, 0.3) is 22.2 Å². The molecule has 3 rings (SSSR count). The van der Waals surface area contributed by atoms with Gasteiger partial charge in [-0.2, -0.15) is 5.10 Å². The summed E-state index contributed by atoms with van der Waals surface area (Å²) in [5.74, 6) is 0. The predicted molar refractivity (Wildman–Crippen MR) is 80.5 cm³/mol. The Morgan fingerprint density at radius 3 is 2.21 bits per heavy atom. The number of hydrogen-bond acceptors (Lipinski definition) is 1. The SMILES string of the molecule is Cc1cc(C)c(C)c(-c2n[nH]c3ccccc23)c1C. The summed E-state index contributed by atoms with van der Waals surface area (Å²) in [5.41, 5.74) is 8.72. The second-order valence-electron chi connectivity index (χ2n) is 5.25. The number of para-hydroxylation sites is 1. The first-order chi connectivity index (χ1) is 9.09. The summed E-state index contributed by atoms with van der Waals surface area (Å²) in [4.78, 5) is 0. The molecule has 0 aliphatic carbocycles. The van der Waals surface area contributed by atoms with Gasteiger partial charge in [0.25, 0.3) is 0 Å². The first kappa shape index (κ1) is 12.0. The summed E-state index contributed by atoms with van der Waals surface area (Å²) in [6.45, 7) is 8.70. The van der Waals surface area contributed by atoms with Crippen LogP contribution in [0.5, 0.6) is 0 Å². The predicted octanol–water partition coefficient (Wildman–Crippen LogP) is 4.46. The monoisotopic (exact) mass is 250 g/mol. The third-order valence-electron chi connectivity index (χ3n) is 4.07. The molecule has 96 valence electrons. The molecule has 1 N–H and O–H groups in total.